The number of aryl methyl sites for hydroxylation is 2. The van der Waals surface area contributed by atoms with Crippen LogP contribution >= 0.6 is 0 Å². The van der Waals surface area contributed by atoms with E-state index in [1.807, 2.05) is 49.1 Å². The first-order chi connectivity index (χ1) is 12.7. The number of hydrogen-bond acceptors (Lipinski definition) is 4. The maximum atomic E-state index is 12.7. The van der Waals surface area contributed by atoms with E-state index < -0.39 is 0 Å². The Labute approximate surface area is 152 Å². The fourth-order valence-electron chi connectivity index (χ4n) is 3.52. The lowest BCUT2D eigenvalue weighted by Crippen LogP contribution is -2.31. The summed E-state index contributed by atoms with van der Waals surface area (Å²) < 4.78 is 3.67. The fourth-order valence-corrected chi connectivity index (χ4v) is 3.52. The van der Waals surface area contributed by atoms with E-state index in [0.29, 0.717) is 5.56 Å². The van der Waals surface area contributed by atoms with Crippen molar-refractivity contribution in [2.75, 3.05) is 0 Å². The van der Waals surface area contributed by atoms with Crippen LogP contribution in [0, 0.1) is 6.92 Å². The van der Waals surface area contributed by atoms with Crippen LogP contribution in [0.15, 0.2) is 36.8 Å². The number of carbonyl (C=O) groups is 1. The van der Waals surface area contributed by atoms with E-state index in [9.17, 15) is 4.79 Å². The molecule has 0 radical (unpaired) electrons. The van der Waals surface area contributed by atoms with Gasteiger partial charge in [-0.2, -0.15) is 10.2 Å². The van der Waals surface area contributed by atoms with E-state index in [1.54, 1.807) is 10.9 Å². The summed E-state index contributed by atoms with van der Waals surface area (Å²) in [6.07, 6.45) is 8.28. The molecule has 0 saturated carbocycles. The number of nitrogens with one attached hydrogen (secondary N) is 1. The van der Waals surface area contributed by atoms with E-state index in [0.717, 1.165) is 48.6 Å². The van der Waals surface area contributed by atoms with Crippen LogP contribution in [0.5, 0.6) is 0 Å². The van der Waals surface area contributed by atoms with Crippen molar-refractivity contribution in [3.05, 3.63) is 59.3 Å². The summed E-state index contributed by atoms with van der Waals surface area (Å²) in [6.45, 7) is 4.62. The number of amides is 1. The summed E-state index contributed by atoms with van der Waals surface area (Å²) in [7, 11) is 0. The highest BCUT2D eigenvalue weighted by molar-refractivity contribution is 5.95. The van der Waals surface area contributed by atoms with E-state index in [4.69, 9.17) is 0 Å². The molecule has 1 unspecified atom stereocenters. The van der Waals surface area contributed by atoms with Crippen LogP contribution < -0.4 is 5.32 Å². The Bertz CT molecular complexity index is 927. The molecule has 1 N–H and O–H groups in total. The molecule has 1 amide bonds. The van der Waals surface area contributed by atoms with Crippen LogP contribution in [-0.2, 0) is 13.0 Å². The van der Waals surface area contributed by atoms with Crippen LogP contribution in [0.25, 0.3) is 5.82 Å². The topological polar surface area (TPSA) is 77.6 Å². The molecule has 1 atom stereocenters. The first-order valence-electron chi connectivity index (χ1n) is 9.00. The summed E-state index contributed by atoms with van der Waals surface area (Å²) in [5, 5.41) is 12.1. The zero-order valence-corrected chi connectivity index (χ0v) is 15.0. The molecule has 3 heterocycles. The maximum absolute atomic E-state index is 12.7. The SMILES string of the molecule is CCn1cc(C(=O)NC2CCCc3c2cnn3-c2ccccn2)c(C)n1. The molecular formula is C19H22N6O. The van der Waals surface area contributed by atoms with Crippen molar-refractivity contribution in [2.24, 2.45) is 0 Å². The minimum absolute atomic E-state index is 0.0342. The van der Waals surface area contributed by atoms with Gasteiger partial charge in [-0.1, -0.05) is 6.07 Å². The van der Waals surface area contributed by atoms with Crippen molar-refractivity contribution in [1.82, 2.24) is 29.9 Å². The molecule has 134 valence electrons. The molecule has 0 aromatic carbocycles. The number of pyridine rings is 1. The van der Waals surface area contributed by atoms with E-state index in [2.05, 4.69) is 20.5 Å². The maximum Gasteiger partial charge on any atom is 0.255 e. The van der Waals surface area contributed by atoms with Crippen molar-refractivity contribution in [3.8, 4) is 5.82 Å². The van der Waals surface area contributed by atoms with Crippen LogP contribution in [-0.4, -0.2) is 30.5 Å². The number of carbonyl (C=O) groups excluding carboxylic acids is 1. The zero-order valence-electron chi connectivity index (χ0n) is 15.0. The monoisotopic (exact) mass is 350 g/mol. The van der Waals surface area contributed by atoms with Crippen LogP contribution in [0.1, 0.15) is 53.1 Å². The van der Waals surface area contributed by atoms with E-state index >= 15 is 0 Å². The molecule has 1 aliphatic carbocycles. The number of fused-ring (bicyclic) bond motifs is 1. The lowest BCUT2D eigenvalue weighted by Gasteiger charge is -2.24. The van der Waals surface area contributed by atoms with Gasteiger partial charge in [-0.3, -0.25) is 9.48 Å². The molecule has 26 heavy (non-hydrogen) atoms. The third-order valence-electron chi connectivity index (χ3n) is 4.87. The molecular weight excluding hydrogens is 328 g/mol. The zero-order chi connectivity index (χ0) is 18.1. The summed E-state index contributed by atoms with van der Waals surface area (Å²) >= 11 is 0. The van der Waals surface area contributed by atoms with Crippen molar-refractivity contribution < 1.29 is 4.79 Å². The Morgan fingerprint density at radius 2 is 2.27 bits per heavy atom. The lowest BCUT2D eigenvalue weighted by atomic mass is 9.92. The summed E-state index contributed by atoms with van der Waals surface area (Å²) in [6, 6.07) is 5.75. The highest BCUT2D eigenvalue weighted by atomic mass is 16.1. The Morgan fingerprint density at radius 3 is 3.00 bits per heavy atom. The summed E-state index contributed by atoms with van der Waals surface area (Å²) in [5.41, 5.74) is 3.60. The Hall–Kier alpha value is -2.96. The van der Waals surface area contributed by atoms with Crippen molar-refractivity contribution in [3.63, 3.8) is 0 Å². The number of nitrogens with zero attached hydrogens (tertiary/aromatic N) is 5. The second-order valence-corrected chi connectivity index (χ2v) is 6.55. The first-order valence-corrected chi connectivity index (χ1v) is 9.00. The molecule has 7 nitrogen and oxygen atoms in total. The first kappa shape index (κ1) is 16.5. The molecule has 0 aliphatic heterocycles. The Kier molecular flexibility index (Phi) is 4.28. The molecule has 7 heteroatoms. The molecule has 0 bridgehead atoms. The van der Waals surface area contributed by atoms with Gasteiger partial charge in [0.05, 0.1) is 29.2 Å². The highest BCUT2D eigenvalue weighted by Crippen LogP contribution is 2.31. The van der Waals surface area contributed by atoms with Crippen LogP contribution in [0.3, 0.4) is 0 Å². The highest BCUT2D eigenvalue weighted by Gasteiger charge is 2.27. The minimum atomic E-state index is -0.0781. The van der Waals surface area contributed by atoms with Crippen molar-refractivity contribution >= 4 is 5.91 Å². The normalized spacial score (nSPS) is 16.3. The van der Waals surface area contributed by atoms with Gasteiger partial charge in [0.2, 0.25) is 0 Å². The quantitative estimate of drug-likeness (QED) is 0.784. The third-order valence-corrected chi connectivity index (χ3v) is 4.87. The van der Waals surface area contributed by atoms with Crippen molar-refractivity contribution in [2.45, 2.75) is 45.7 Å². The molecule has 0 spiro atoms. The lowest BCUT2D eigenvalue weighted by molar-refractivity contribution is 0.0932. The summed E-state index contributed by atoms with van der Waals surface area (Å²) in [5.74, 6) is 0.728. The second kappa shape index (κ2) is 6.74. The van der Waals surface area contributed by atoms with Gasteiger partial charge in [-0.25, -0.2) is 9.67 Å². The van der Waals surface area contributed by atoms with Gasteiger partial charge in [0.15, 0.2) is 5.82 Å². The second-order valence-electron chi connectivity index (χ2n) is 6.55. The minimum Gasteiger partial charge on any atom is -0.345 e. The Balaban J connectivity index is 1.60. The molecule has 0 fully saturated rings. The molecule has 1 aliphatic rings. The average molecular weight is 350 g/mol. The van der Waals surface area contributed by atoms with Crippen LogP contribution in [0.2, 0.25) is 0 Å². The van der Waals surface area contributed by atoms with Gasteiger partial charge >= 0.3 is 0 Å². The smallest absolute Gasteiger partial charge is 0.255 e. The molecule has 0 saturated heterocycles. The van der Waals surface area contributed by atoms with Gasteiger partial charge in [0.1, 0.15) is 0 Å². The van der Waals surface area contributed by atoms with Gasteiger partial charge in [-0.05, 0) is 45.2 Å². The standard InChI is InChI=1S/C19H22N6O/c1-3-24-12-15(13(2)23-24)19(26)22-16-7-6-8-17-14(16)11-21-25(17)18-9-4-5-10-20-18/h4-5,9-12,16H,3,6-8H2,1-2H3,(H,22,26). The summed E-state index contributed by atoms with van der Waals surface area (Å²) in [4.78, 5) is 17.1. The predicted octanol–water partition coefficient (Wildman–Crippen LogP) is 2.60. The number of rotatable bonds is 4. The van der Waals surface area contributed by atoms with Gasteiger partial charge < -0.3 is 5.32 Å². The number of hydrogen-bond donors (Lipinski definition) is 1. The Morgan fingerprint density at radius 1 is 1.38 bits per heavy atom. The molecule has 3 aromatic heterocycles. The van der Waals surface area contributed by atoms with Gasteiger partial charge in [0.25, 0.3) is 5.91 Å². The van der Waals surface area contributed by atoms with Crippen molar-refractivity contribution in [1.29, 1.82) is 0 Å². The van der Waals surface area contributed by atoms with Gasteiger partial charge in [0, 0.05) is 24.5 Å². The molecule has 4 rings (SSSR count). The largest absolute Gasteiger partial charge is 0.345 e. The van der Waals surface area contributed by atoms with E-state index in [1.165, 1.54) is 0 Å². The molecule has 3 aromatic rings. The van der Waals surface area contributed by atoms with Gasteiger partial charge in [-0.15, -0.1) is 0 Å². The third kappa shape index (κ3) is 2.89. The predicted molar refractivity (Wildman–Crippen MR) is 97.1 cm³/mol. The van der Waals surface area contributed by atoms with Crippen LogP contribution in [0.4, 0.5) is 0 Å². The van der Waals surface area contributed by atoms with E-state index in [-0.39, 0.29) is 11.9 Å². The number of aromatic nitrogens is 5. The average Bonchev–Trinajstić information content (AvgIpc) is 3.26. The fraction of sp³-hybridized carbons (Fsp3) is 0.368.